The molecule has 3 aromatic rings. The fourth-order valence-electron chi connectivity index (χ4n) is 2.76. The summed E-state index contributed by atoms with van der Waals surface area (Å²) in [5, 5.41) is 13.9. The molecule has 0 bridgehead atoms. The van der Waals surface area contributed by atoms with Gasteiger partial charge in [-0.05, 0) is 6.07 Å². The maximum atomic E-state index is 5.98. The van der Waals surface area contributed by atoms with Gasteiger partial charge in [0.1, 0.15) is 0 Å². The number of anilines is 1. The number of hydrogen-bond donors (Lipinski definition) is 1. The third-order valence-corrected chi connectivity index (χ3v) is 3.61. The number of fused-ring (bicyclic) bond motifs is 1. The number of benzene rings is 1. The Kier molecular flexibility index (Phi) is 2.97. The molecule has 0 amide bonds. The van der Waals surface area contributed by atoms with E-state index in [1.807, 2.05) is 28.5 Å². The minimum atomic E-state index is -0.113. The average Bonchev–Trinajstić information content (AvgIpc) is 2.92. The van der Waals surface area contributed by atoms with Crippen LogP contribution in [0.15, 0.2) is 24.3 Å². The van der Waals surface area contributed by atoms with Crippen LogP contribution in [-0.4, -0.2) is 24.8 Å². The topological polar surface area (TPSA) is 74.5 Å². The zero-order valence-electron chi connectivity index (χ0n) is 12.8. The summed E-state index contributed by atoms with van der Waals surface area (Å²) in [5.74, 6) is 0.489. The van der Waals surface area contributed by atoms with Crippen LogP contribution in [0.25, 0.3) is 10.9 Å². The summed E-state index contributed by atoms with van der Waals surface area (Å²) in [6.07, 6.45) is 0. The summed E-state index contributed by atoms with van der Waals surface area (Å²) >= 11 is 0. The molecule has 2 heterocycles. The minimum absolute atomic E-state index is 0.113. The molecule has 0 aliphatic carbocycles. The molecule has 0 saturated heterocycles. The third-order valence-electron chi connectivity index (χ3n) is 3.61. The molecule has 21 heavy (non-hydrogen) atoms. The Labute approximate surface area is 123 Å². The second-order valence-electron chi connectivity index (χ2n) is 6.32. The molecule has 0 saturated carbocycles. The van der Waals surface area contributed by atoms with Crippen LogP contribution in [0.1, 0.15) is 32.2 Å². The lowest BCUT2D eigenvalue weighted by molar-refractivity contribution is 0.499. The van der Waals surface area contributed by atoms with Crippen molar-refractivity contribution in [3.05, 3.63) is 35.7 Å². The molecule has 6 nitrogen and oxygen atoms in total. The molecular formula is C15H20N6. The van der Waals surface area contributed by atoms with Gasteiger partial charge in [0.05, 0.1) is 23.4 Å². The Morgan fingerprint density at radius 2 is 1.90 bits per heavy atom. The Balaban J connectivity index is 2.08. The molecule has 2 N–H and O–H groups in total. The Morgan fingerprint density at radius 1 is 1.19 bits per heavy atom. The largest absolute Gasteiger partial charge is 0.381 e. The number of hydrogen-bond acceptors (Lipinski definition) is 4. The summed E-state index contributed by atoms with van der Waals surface area (Å²) in [6, 6.07) is 8.18. The zero-order valence-corrected chi connectivity index (χ0v) is 12.8. The fraction of sp³-hybridized carbons (Fsp3) is 0.400. The number of nitrogens with zero attached hydrogens (tertiary/aromatic N) is 5. The van der Waals surface area contributed by atoms with E-state index in [4.69, 9.17) is 5.73 Å². The van der Waals surface area contributed by atoms with E-state index >= 15 is 0 Å². The van der Waals surface area contributed by atoms with Crippen molar-refractivity contribution >= 4 is 16.7 Å². The predicted octanol–water partition coefficient (Wildman–Crippen LogP) is 2.09. The molecule has 1 aromatic carbocycles. The van der Waals surface area contributed by atoms with Crippen molar-refractivity contribution < 1.29 is 0 Å². The van der Waals surface area contributed by atoms with E-state index in [9.17, 15) is 0 Å². The molecule has 0 atom stereocenters. The fourth-order valence-corrected chi connectivity index (χ4v) is 2.76. The summed E-state index contributed by atoms with van der Waals surface area (Å²) in [5.41, 5.74) is 8.89. The summed E-state index contributed by atoms with van der Waals surface area (Å²) in [4.78, 5) is 0. The lowest BCUT2D eigenvalue weighted by atomic mass is 9.92. The maximum Gasteiger partial charge on any atom is 0.169 e. The van der Waals surface area contributed by atoms with Gasteiger partial charge in [0.25, 0.3) is 0 Å². The molecule has 6 heteroatoms. The predicted molar refractivity (Wildman–Crippen MR) is 83.0 cm³/mol. The first-order chi connectivity index (χ1) is 9.88. The quantitative estimate of drug-likeness (QED) is 0.782. The van der Waals surface area contributed by atoms with Gasteiger partial charge in [-0.1, -0.05) is 44.2 Å². The van der Waals surface area contributed by atoms with Crippen LogP contribution in [0.4, 0.5) is 5.82 Å². The van der Waals surface area contributed by atoms with E-state index in [0.29, 0.717) is 12.4 Å². The van der Waals surface area contributed by atoms with Crippen molar-refractivity contribution in [2.45, 2.75) is 32.7 Å². The molecule has 0 radical (unpaired) electrons. The first kappa shape index (κ1) is 13.6. The summed E-state index contributed by atoms with van der Waals surface area (Å²) in [7, 11) is 1.95. The number of nitrogens with two attached hydrogens (primary N) is 1. The minimum Gasteiger partial charge on any atom is -0.381 e. The van der Waals surface area contributed by atoms with Crippen LogP contribution in [0.2, 0.25) is 0 Å². The standard InChI is InChI=1S/C15H20N6/c1-15(2,3)13-14(16)17-19-21(13)9-11-10-7-5-6-8-12(10)20(4)18-11/h5-8H,9,16H2,1-4H3. The third kappa shape index (κ3) is 2.26. The highest BCUT2D eigenvalue weighted by Gasteiger charge is 2.24. The van der Waals surface area contributed by atoms with Gasteiger partial charge in [-0.2, -0.15) is 5.10 Å². The van der Waals surface area contributed by atoms with Crippen molar-refractivity contribution in [3.8, 4) is 0 Å². The number of aryl methyl sites for hydroxylation is 1. The molecule has 0 fully saturated rings. The van der Waals surface area contributed by atoms with Gasteiger partial charge in [0.15, 0.2) is 5.82 Å². The lowest BCUT2D eigenvalue weighted by Gasteiger charge is -2.19. The van der Waals surface area contributed by atoms with Crippen molar-refractivity contribution in [2.75, 3.05) is 5.73 Å². The van der Waals surface area contributed by atoms with Crippen LogP contribution in [0.3, 0.4) is 0 Å². The lowest BCUT2D eigenvalue weighted by Crippen LogP contribution is -2.20. The number of nitrogen functional groups attached to an aromatic ring is 1. The summed E-state index contributed by atoms with van der Waals surface area (Å²) < 4.78 is 3.74. The highest BCUT2D eigenvalue weighted by Crippen LogP contribution is 2.27. The van der Waals surface area contributed by atoms with Crippen LogP contribution >= 0.6 is 0 Å². The molecule has 0 aliphatic rings. The van der Waals surface area contributed by atoms with Gasteiger partial charge >= 0.3 is 0 Å². The van der Waals surface area contributed by atoms with Crippen LogP contribution < -0.4 is 5.73 Å². The van der Waals surface area contributed by atoms with Gasteiger partial charge in [0, 0.05) is 17.8 Å². The monoisotopic (exact) mass is 284 g/mol. The highest BCUT2D eigenvalue weighted by molar-refractivity contribution is 5.81. The SMILES string of the molecule is Cn1nc(Cn2nnc(N)c2C(C)(C)C)c2ccccc21. The Morgan fingerprint density at radius 3 is 2.62 bits per heavy atom. The molecule has 2 aromatic heterocycles. The molecule has 110 valence electrons. The smallest absolute Gasteiger partial charge is 0.169 e. The van der Waals surface area contributed by atoms with E-state index < -0.39 is 0 Å². The van der Waals surface area contributed by atoms with Crippen LogP contribution in [-0.2, 0) is 19.0 Å². The Hall–Kier alpha value is -2.37. The summed E-state index contributed by atoms with van der Waals surface area (Å²) in [6.45, 7) is 6.89. The van der Waals surface area contributed by atoms with E-state index in [1.165, 1.54) is 0 Å². The van der Waals surface area contributed by atoms with E-state index in [2.05, 4.69) is 48.3 Å². The second-order valence-corrected chi connectivity index (χ2v) is 6.32. The number of aromatic nitrogens is 5. The van der Waals surface area contributed by atoms with Crippen LogP contribution in [0.5, 0.6) is 0 Å². The molecule has 0 aliphatic heterocycles. The van der Waals surface area contributed by atoms with Crippen molar-refractivity contribution in [1.82, 2.24) is 24.8 Å². The van der Waals surface area contributed by atoms with Gasteiger partial charge in [-0.15, -0.1) is 5.10 Å². The van der Waals surface area contributed by atoms with Crippen molar-refractivity contribution in [1.29, 1.82) is 0 Å². The Bertz CT molecular complexity index is 790. The highest BCUT2D eigenvalue weighted by atomic mass is 15.5. The maximum absolute atomic E-state index is 5.98. The van der Waals surface area contributed by atoms with E-state index in [0.717, 1.165) is 22.3 Å². The molecule has 0 unspecified atom stereocenters. The van der Waals surface area contributed by atoms with Crippen molar-refractivity contribution in [2.24, 2.45) is 7.05 Å². The van der Waals surface area contributed by atoms with Crippen LogP contribution in [0, 0.1) is 0 Å². The molecular weight excluding hydrogens is 264 g/mol. The van der Waals surface area contributed by atoms with Gasteiger partial charge in [-0.3, -0.25) is 4.68 Å². The number of rotatable bonds is 2. The van der Waals surface area contributed by atoms with Crippen molar-refractivity contribution in [3.63, 3.8) is 0 Å². The first-order valence-corrected chi connectivity index (χ1v) is 6.98. The molecule has 0 spiro atoms. The van der Waals surface area contributed by atoms with E-state index in [1.54, 1.807) is 0 Å². The average molecular weight is 284 g/mol. The normalized spacial score (nSPS) is 12.2. The van der Waals surface area contributed by atoms with Gasteiger partial charge in [0.2, 0.25) is 0 Å². The second kappa shape index (κ2) is 4.58. The van der Waals surface area contributed by atoms with E-state index in [-0.39, 0.29) is 5.41 Å². The first-order valence-electron chi connectivity index (χ1n) is 6.98. The number of para-hydroxylation sites is 1. The molecule has 3 rings (SSSR count). The zero-order chi connectivity index (χ0) is 15.2. The van der Waals surface area contributed by atoms with Gasteiger partial charge in [-0.25, -0.2) is 4.68 Å². The van der Waals surface area contributed by atoms with Gasteiger partial charge < -0.3 is 5.73 Å².